The number of ether oxygens (including phenoxy) is 1. The third kappa shape index (κ3) is 3.81. The molecule has 1 aromatic rings. The fraction of sp³-hybridized carbons (Fsp3) is 0.417. The summed E-state index contributed by atoms with van der Waals surface area (Å²) in [6, 6.07) is 2.01. The van der Waals surface area contributed by atoms with Crippen molar-refractivity contribution in [2.24, 2.45) is 5.73 Å². The predicted molar refractivity (Wildman–Crippen MR) is 65.4 cm³/mol. The normalized spacial score (nSPS) is 13.5. The molecule has 0 aliphatic rings. The fourth-order valence-electron chi connectivity index (χ4n) is 1.38. The molecule has 0 radical (unpaired) electrons. The second-order valence-electron chi connectivity index (χ2n) is 3.74. The number of nitrogens with zero attached hydrogens (tertiary/aromatic N) is 1. The van der Waals surface area contributed by atoms with E-state index in [0.717, 1.165) is 5.56 Å². The van der Waals surface area contributed by atoms with Gasteiger partial charge in [0.05, 0.1) is 12.6 Å². The summed E-state index contributed by atoms with van der Waals surface area (Å²) in [5, 5.41) is 2.64. The van der Waals surface area contributed by atoms with Crippen LogP contribution in [-0.2, 0) is 14.3 Å². The van der Waals surface area contributed by atoms with E-state index < -0.39 is 17.9 Å². The molecule has 0 bridgehead atoms. The van der Waals surface area contributed by atoms with E-state index in [1.807, 2.05) is 0 Å². The first-order chi connectivity index (χ1) is 8.56. The van der Waals surface area contributed by atoms with Gasteiger partial charge in [0.15, 0.2) is 6.04 Å². The molecule has 6 heteroatoms. The third-order valence-electron chi connectivity index (χ3n) is 2.39. The first-order valence-corrected chi connectivity index (χ1v) is 5.68. The highest BCUT2D eigenvalue weighted by atomic mass is 16.5. The fourth-order valence-corrected chi connectivity index (χ4v) is 1.38. The van der Waals surface area contributed by atoms with Gasteiger partial charge in [-0.1, -0.05) is 0 Å². The minimum absolute atomic E-state index is 0.194. The zero-order valence-electron chi connectivity index (χ0n) is 10.4. The van der Waals surface area contributed by atoms with E-state index in [9.17, 15) is 9.59 Å². The van der Waals surface area contributed by atoms with Gasteiger partial charge in [0.2, 0.25) is 5.91 Å². The predicted octanol–water partition coefficient (Wildman–Crippen LogP) is 0.149. The zero-order chi connectivity index (χ0) is 13.5. The van der Waals surface area contributed by atoms with Crippen molar-refractivity contribution in [2.75, 3.05) is 6.61 Å². The summed E-state index contributed by atoms with van der Waals surface area (Å²) in [7, 11) is 0. The lowest BCUT2D eigenvalue weighted by Gasteiger charge is -2.16. The molecule has 1 amide bonds. The van der Waals surface area contributed by atoms with Crippen molar-refractivity contribution in [3.63, 3.8) is 0 Å². The molecule has 1 unspecified atom stereocenters. The highest BCUT2D eigenvalue weighted by Gasteiger charge is 2.24. The van der Waals surface area contributed by atoms with Crippen LogP contribution >= 0.6 is 0 Å². The van der Waals surface area contributed by atoms with Crippen molar-refractivity contribution in [3.8, 4) is 0 Å². The van der Waals surface area contributed by atoms with Crippen molar-refractivity contribution in [2.45, 2.75) is 25.9 Å². The van der Waals surface area contributed by atoms with Gasteiger partial charge in [-0.2, -0.15) is 0 Å². The summed E-state index contributed by atoms with van der Waals surface area (Å²) in [5.74, 6) is -1.28. The monoisotopic (exact) mass is 251 g/mol. The van der Waals surface area contributed by atoms with Crippen LogP contribution in [0.4, 0.5) is 0 Å². The van der Waals surface area contributed by atoms with Crippen LogP contribution < -0.4 is 11.1 Å². The Morgan fingerprint density at radius 1 is 1.44 bits per heavy atom. The lowest BCUT2D eigenvalue weighted by atomic mass is 10.1. The van der Waals surface area contributed by atoms with Gasteiger partial charge in [-0.15, -0.1) is 0 Å². The van der Waals surface area contributed by atoms with Gasteiger partial charge in [0, 0.05) is 12.4 Å². The second kappa shape index (κ2) is 6.70. The maximum Gasteiger partial charge on any atom is 0.332 e. The highest BCUT2D eigenvalue weighted by molar-refractivity contribution is 6.01. The Morgan fingerprint density at radius 3 is 2.61 bits per heavy atom. The average Bonchev–Trinajstić information content (AvgIpc) is 2.39. The van der Waals surface area contributed by atoms with Gasteiger partial charge in [0.25, 0.3) is 0 Å². The number of esters is 1. The van der Waals surface area contributed by atoms with Gasteiger partial charge in [-0.3, -0.25) is 9.78 Å². The Bertz CT molecular complexity index is 408. The lowest BCUT2D eigenvalue weighted by Crippen LogP contribution is -2.47. The molecular formula is C12H17N3O3. The minimum atomic E-state index is -1.30. The molecule has 1 rings (SSSR count). The summed E-state index contributed by atoms with van der Waals surface area (Å²) in [6.07, 6.45) is 3.26. The van der Waals surface area contributed by atoms with E-state index in [2.05, 4.69) is 15.0 Å². The van der Waals surface area contributed by atoms with Crippen LogP contribution in [0.15, 0.2) is 24.5 Å². The lowest BCUT2D eigenvalue weighted by molar-refractivity contribution is -0.148. The maximum absolute atomic E-state index is 11.7. The number of rotatable bonds is 5. The van der Waals surface area contributed by atoms with Gasteiger partial charge >= 0.3 is 5.97 Å². The molecule has 0 fully saturated rings. The molecule has 2 atom stereocenters. The first kappa shape index (κ1) is 14.1. The van der Waals surface area contributed by atoms with Gasteiger partial charge in [-0.25, -0.2) is 4.79 Å². The third-order valence-corrected chi connectivity index (χ3v) is 2.39. The number of pyridine rings is 1. The number of hydrogen-bond donors (Lipinski definition) is 2. The Morgan fingerprint density at radius 2 is 2.06 bits per heavy atom. The van der Waals surface area contributed by atoms with Crippen LogP contribution in [0.1, 0.15) is 25.5 Å². The number of carbonyl (C=O) groups excluding carboxylic acids is 2. The molecule has 0 aromatic carbocycles. The van der Waals surface area contributed by atoms with Crippen molar-refractivity contribution < 1.29 is 14.3 Å². The van der Waals surface area contributed by atoms with Crippen LogP contribution in [0.5, 0.6) is 0 Å². The standard InChI is InChI=1S/C12H17N3O3/c1-3-18-12(17)10(13)11(16)15-8(2)9-4-6-14-7-5-9/h4-8,10H,3,13H2,1-2H3,(H,15,16)/t8-,10?/m1/s1. The minimum Gasteiger partial charge on any atom is -0.464 e. The Hall–Kier alpha value is -1.95. The van der Waals surface area contributed by atoms with E-state index in [0.29, 0.717) is 0 Å². The SMILES string of the molecule is CCOC(=O)C(N)C(=O)N[C@H](C)c1ccncc1. The molecule has 1 aromatic heterocycles. The molecule has 18 heavy (non-hydrogen) atoms. The van der Waals surface area contributed by atoms with E-state index in [1.54, 1.807) is 38.4 Å². The van der Waals surface area contributed by atoms with Gasteiger partial charge < -0.3 is 15.8 Å². The van der Waals surface area contributed by atoms with E-state index >= 15 is 0 Å². The first-order valence-electron chi connectivity index (χ1n) is 5.68. The number of aromatic nitrogens is 1. The quantitative estimate of drug-likeness (QED) is 0.574. The summed E-state index contributed by atoms with van der Waals surface area (Å²) in [4.78, 5) is 26.9. The van der Waals surface area contributed by atoms with Crippen LogP contribution in [-0.4, -0.2) is 29.5 Å². The number of hydrogen-bond acceptors (Lipinski definition) is 5. The highest BCUT2D eigenvalue weighted by Crippen LogP contribution is 2.10. The molecule has 0 saturated heterocycles. The number of carbonyl (C=O) groups is 2. The Kier molecular flexibility index (Phi) is 5.26. The number of amides is 1. The molecular weight excluding hydrogens is 234 g/mol. The van der Waals surface area contributed by atoms with Crippen LogP contribution in [0.2, 0.25) is 0 Å². The number of nitrogens with one attached hydrogen (secondary N) is 1. The maximum atomic E-state index is 11.7. The molecule has 0 saturated carbocycles. The van der Waals surface area contributed by atoms with Crippen molar-refractivity contribution in [1.82, 2.24) is 10.3 Å². The summed E-state index contributed by atoms with van der Waals surface area (Å²) < 4.78 is 4.68. The van der Waals surface area contributed by atoms with Crippen molar-refractivity contribution in [1.29, 1.82) is 0 Å². The topological polar surface area (TPSA) is 94.3 Å². The largest absolute Gasteiger partial charge is 0.464 e. The zero-order valence-corrected chi connectivity index (χ0v) is 10.4. The summed E-state index contributed by atoms with van der Waals surface area (Å²) in [6.45, 7) is 3.65. The summed E-state index contributed by atoms with van der Waals surface area (Å²) in [5.41, 5.74) is 6.36. The van der Waals surface area contributed by atoms with E-state index in [4.69, 9.17) is 5.73 Å². The Labute approximate surface area is 106 Å². The van der Waals surface area contributed by atoms with E-state index in [-0.39, 0.29) is 12.6 Å². The Balaban J connectivity index is 2.57. The van der Waals surface area contributed by atoms with Crippen LogP contribution in [0, 0.1) is 0 Å². The smallest absolute Gasteiger partial charge is 0.332 e. The molecule has 0 aliphatic carbocycles. The molecule has 98 valence electrons. The second-order valence-corrected chi connectivity index (χ2v) is 3.74. The molecule has 0 spiro atoms. The molecule has 0 aliphatic heterocycles. The van der Waals surface area contributed by atoms with Crippen molar-refractivity contribution in [3.05, 3.63) is 30.1 Å². The van der Waals surface area contributed by atoms with Crippen LogP contribution in [0.3, 0.4) is 0 Å². The number of nitrogens with two attached hydrogens (primary N) is 1. The molecule has 1 heterocycles. The van der Waals surface area contributed by atoms with Gasteiger partial charge in [0.1, 0.15) is 0 Å². The van der Waals surface area contributed by atoms with Gasteiger partial charge in [-0.05, 0) is 31.5 Å². The molecule has 6 nitrogen and oxygen atoms in total. The van der Waals surface area contributed by atoms with Crippen LogP contribution in [0.25, 0.3) is 0 Å². The summed E-state index contributed by atoms with van der Waals surface area (Å²) >= 11 is 0. The van der Waals surface area contributed by atoms with E-state index in [1.165, 1.54) is 0 Å². The average molecular weight is 251 g/mol. The van der Waals surface area contributed by atoms with Crippen molar-refractivity contribution >= 4 is 11.9 Å². The molecule has 3 N–H and O–H groups in total.